The van der Waals surface area contributed by atoms with Gasteiger partial charge in [-0.2, -0.15) is 11.3 Å². The molecule has 3 heterocycles. The van der Waals surface area contributed by atoms with E-state index in [-0.39, 0.29) is 5.97 Å². The summed E-state index contributed by atoms with van der Waals surface area (Å²) in [4.78, 5) is 12.9. The Labute approximate surface area is 200 Å². The molecule has 8 heteroatoms. The second-order valence-electron chi connectivity index (χ2n) is 9.53. The second kappa shape index (κ2) is 8.79. The number of thiophene rings is 2. The van der Waals surface area contributed by atoms with E-state index in [0.29, 0.717) is 10.3 Å². The van der Waals surface area contributed by atoms with E-state index >= 15 is 0 Å². The summed E-state index contributed by atoms with van der Waals surface area (Å²) in [5, 5.41) is 1.98. The minimum Gasteiger partial charge on any atom is -0.465 e. The number of carbonyl (C=O) groups is 1. The minimum absolute atomic E-state index is 0.302. The van der Waals surface area contributed by atoms with Gasteiger partial charge in [0.1, 0.15) is 7.85 Å². The number of fused-ring (bicyclic) bond motifs is 3. The third-order valence-electron chi connectivity index (χ3n) is 6.76. The lowest BCUT2D eigenvalue weighted by atomic mass is 9.86. The monoisotopic (exact) mass is 468 g/mol. The predicted molar refractivity (Wildman–Crippen MR) is 137 cm³/mol. The summed E-state index contributed by atoms with van der Waals surface area (Å²) >= 11 is 3.20. The van der Waals surface area contributed by atoms with E-state index in [4.69, 9.17) is 21.9 Å². The highest BCUT2D eigenvalue weighted by Crippen LogP contribution is 2.41. The average Bonchev–Trinajstić information content (AvgIpc) is 3.38. The zero-order valence-electron chi connectivity index (χ0n) is 19.8. The second-order valence-corrected chi connectivity index (χ2v) is 11.7. The fourth-order valence-corrected chi connectivity index (χ4v) is 6.50. The smallest absolute Gasteiger partial charge is 0.465 e. The van der Waals surface area contributed by atoms with Gasteiger partial charge in [0.25, 0.3) is 0 Å². The van der Waals surface area contributed by atoms with Crippen LogP contribution in [-0.2, 0) is 20.5 Å². The first-order valence-electron chi connectivity index (χ1n) is 11.3. The van der Waals surface area contributed by atoms with Crippen LogP contribution in [0.15, 0.2) is 12.1 Å². The van der Waals surface area contributed by atoms with Crippen molar-refractivity contribution in [1.82, 2.24) is 0 Å². The molecule has 1 aromatic carbocycles. The standard InChI is InChI=1S/C24H30B2O4S2/c1-7-8-9-10-11-14-15-13-18(26-29-23(2,3)24(4,5)30-26)32-20(15)21-16(12-17(25)31-21)19(14)22(27)28-6/h12-13H,7-11H2,1-6H3. The van der Waals surface area contributed by atoms with Crippen LogP contribution in [-0.4, -0.2) is 39.2 Å². The summed E-state index contributed by atoms with van der Waals surface area (Å²) in [6.07, 6.45) is 5.35. The van der Waals surface area contributed by atoms with Crippen molar-refractivity contribution in [2.75, 3.05) is 7.11 Å². The van der Waals surface area contributed by atoms with Gasteiger partial charge >= 0.3 is 13.1 Å². The molecule has 0 aliphatic carbocycles. The maximum atomic E-state index is 12.9. The number of ether oxygens (including phenoxy) is 1. The Balaban J connectivity index is 1.89. The third-order valence-corrected chi connectivity index (χ3v) is 9.05. The van der Waals surface area contributed by atoms with E-state index in [2.05, 4.69) is 40.7 Å². The van der Waals surface area contributed by atoms with Crippen LogP contribution in [0.4, 0.5) is 0 Å². The van der Waals surface area contributed by atoms with E-state index in [1.807, 2.05) is 6.07 Å². The number of esters is 1. The highest BCUT2D eigenvalue weighted by Gasteiger charge is 2.52. The molecule has 4 nitrogen and oxygen atoms in total. The molecule has 0 bridgehead atoms. The van der Waals surface area contributed by atoms with Crippen molar-refractivity contribution in [3.05, 3.63) is 23.3 Å². The fraction of sp³-hybridized carbons (Fsp3) is 0.542. The number of benzene rings is 1. The molecule has 2 aromatic heterocycles. The van der Waals surface area contributed by atoms with Gasteiger partial charge in [0.2, 0.25) is 0 Å². The summed E-state index contributed by atoms with van der Waals surface area (Å²) in [6, 6.07) is 4.06. The Morgan fingerprint density at radius 1 is 1.03 bits per heavy atom. The Morgan fingerprint density at radius 3 is 2.31 bits per heavy atom. The molecule has 1 aliphatic rings. The maximum Gasteiger partial charge on any atom is 0.505 e. The first-order valence-corrected chi connectivity index (χ1v) is 12.9. The average molecular weight is 468 g/mol. The number of methoxy groups -OCH3 is 1. The molecule has 0 N–H and O–H groups in total. The highest BCUT2D eigenvalue weighted by atomic mass is 32.1. The number of hydrogen-bond donors (Lipinski definition) is 0. The number of unbranched alkanes of at least 4 members (excludes halogenated alkanes) is 3. The molecule has 4 rings (SSSR count). The van der Waals surface area contributed by atoms with Crippen molar-refractivity contribution in [2.24, 2.45) is 0 Å². The van der Waals surface area contributed by atoms with Gasteiger partial charge < -0.3 is 14.0 Å². The van der Waals surface area contributed by atoms with Crippen LogP contribution >= 0.6 is 22.7 Å². The third kappa shape index (κ3) is 4.04. The van der Waals surface area contributed by atoms with E-state index in [1.165, 1.54) is 31.3 Å². The summed E-state index contributed by atoms with van der Waals surface area (Å²) in [7, 11) is 7.22. The molecular formula is C24H30B2O4S2. The van der Waals surface area contributed by atoms with E-state index in [9.17, 15) is 4.79 Å². The number of hydrogen-bond acceptors (Lipinski definition) is 6. The fourth-order valence-electron chi connectivity index (χ4n) is 4.26. The summed E-state index contributed by atoms with van der Waals surface area (Å²) < 4.78 is 21.7. The van der Waals surface area contributed by atoms with Crippen LogP contribution in [0.3, 0.4) is 0 Å². The van der Waals surface area contributed by atoms with Crippen LogP contribution < -0.4 is 9.55 Å². The van der Waals surface area contributed by atoms with Gasteiger partial charge in [-0.15, -0.1) is 11.3 Å². The molecule has 32 heavy (non-hydrogen) atoms. The Bertz CT molecular complexity index is 1150. The molecule has 168 valence electrons. The number of carbonyl (C=O) groups excluding carboxylic acids is 1. The lowest BCUT2D eigenvalue weighted by molar-refractivity contribution is 0.00578. The summed E-state index contributed by atoms with van der Waals surface area (Å²) in [5.41, 5.74) is 0.887. The van der Waals surface area contributed by atoms with Crippen molar-refractivity contribution in [3.8, 4) is 0 Å². The van der Waals surface area contributed by atoms with E-state index in [0.717, 1.165) is 49.8 Å². The Hall–Kier alpha value is -1.34. The van der Waals surface area contributed by atoms with E-state index in [1.54, 1.807) is 11.3 Å². The van der Waals surface area contributed by atoms with Crippen molar-refractivity contribution < 1.29 is 18.8 Å². The number of aryl methyl sites for hydroxylation is 1. The molecule has 0 spiro atoms. The quantitative estimate of drug-likeness (QED) is 0.275. The van der Waals surface area contributed by atoms with Crippen molar-refractivity contribution in [2.45, 2.75) is 77.9 Å². The zero-order chi connectivity index (χ0) is 23.3. The van der Waals surface area contributed by atoms with Gasteiger partial charge in [0.05, 0.1) is 33.3 Å². The van der Waals surface area contributed by atoms with Crippen LogP contribution in [0.25, 0.3) is 20.2 Å². The molecule has 1 saturated heterocycles. The largest absolute Gasteiger partial charge is 0.505 e. The van der Waals surface area contributed by atoms with Gasteiger partial charge in [0.15, 0.2) is 0 Å². The van der Waals surface area contributed by atoms with Crippen molar-refractivity contribution >= 4 is 73.3 Å². The van der Waals surface area contributed by atoms with Crippen molar-refractivity contribution in [3.63, 3.8) is 0 Å². The predicted octanol–water partition coefficient (Wildman–Crippen LogP) is 5.12. The first kappa shape index (κ1) is 23.8. The molecule has 0 atom stereocenters. The molecule has 1 fully saturated rings. The van der Waals surface area contributed by atoms with Gasteiger partial charge in [-0.25, -0.2) is 4.79 Å². The lowest BCUT2D eigenvalue weighted by Crippen LogP contribution is -2.41. The number of rotatable bonds is 7. The topological polar surface area (TPSA) is 44.8 Å². The van der Waals surface area contributed by atoms with Gasteiger partial charge in [-0.3, -0.25) is 0 Å². The Kier molecular flexibility index (Phi) is 6.54. The van der Waals surface area contributed by atoms with Crippen molar-refractivity contribution in [1.29, 1.82) is 0 Å². The normalized spacial score (nSPS) is 17.5. The van der Waals surface area contributed by atoms with Crippen LogP contribution in [0.1, 0.15) is 76.2 Å². The maximum absolute atomic E-state index is 12.9. The zero-order valence-corrected chi connectivity index (χ0v) is 21.4. The molecule has 3 aromatic rings. The van der Waals surface area contributed by atoms with Gasteiger partial charge in [-0.05, 0) is 62.3 Å². The summed E-state index contributed by atoms with van der Waals surface area (Å²) in [6.45, 7) is 10.5. The van der Waals surface area contributed by atoms with Crippen LogP contribution in [0.5, 0.6) is 0 Å². The van der Waals surface area contributed by atoms with Crippen LogP contribution in [0.2, 0.25) is 0 Å². The first-order chi connectivity index (χ1) is 15.1. The molecular weight excluding hydrogens is 438 g/mol. The molecule has 0 saturated carbocycles. The van der Waals surface area contributed by atoms with Gasteiger partial charge in [0, 0.05) is 10.2 Å². The SMILES string of the molecule is [B]c1cc2c(C(=O)OC)c(CCCCCC)c3cc(B4OC(C)(C)C(C)(C)O4)sc3c2s1. The summed E-state index contributed by atoms with van der Waals surface area (Å²) in [5.74, 6) is -0.302. The molecule has 0 amide bonds. The molecule has 0 unspecified atom stereocenters. The lowest BCUT2D eigenvalue weighted by Gasteiger charge is -2.32. The molecule has 2 radical (unpaired) electrons. The highest BCUT2D eigenvalue weighted by molar-refractivity contribution is 7.34. The Morgan fingerprint density at radius 2 is 1.69 bits per heavy atom. The van der Waals surface area contributed by atoms with Crippen LogP contribution in [0, 0.1) is 0 Å². The van der Waals surface area contributed by atoms with Gasteiger partial charge in [-0.1, -0.05) is 32.3 Å². The minimum atomic E-state index is -0.431. The van der Waals surface area contributed by atoms with E-state index < -0.39 is 18.3 Å². The molecule has 1 aliphatic heterocycles.